The predicted molar refractivity (Wildman–Crippen MR) is 59.3 cm³/mol. The average molecular weight is 214 g/mol. The van der Waals surface area contributed by atoms with Gasteiger partial charge in [-0.05, 0) is 19.3 Å². The highest BCUT2D eigenvalue weighted by Gasteiger charge is 2.24. The summed E-state index contributed by atoms with van der Waals surface area (Å²) in [6.45, 7) is 1.88. The molecule has 1 saturated carbocycles. The van der Waals surface area contributed by atoms with Crippen LogP contribution in [0.4, 0.5) is 0 Å². The number of carbonyl (C=O) groups excluding carboxylic acids is 1. The largest absolute Gasteiger partial charge is 0.391 e. The molecule has 2 unspecified atom stereocenters. The van der Waals surface area contributed by atoms with E-state index in [1.807, 2.05) is 6.92 Å². The number of nitrogens with one attached hydrogen (secondary N) is 1. The second kappa shape index (κ2) is 6.08. The molecule has 0 radical (unpaired) electrons. The average Bonchev–Trinajstić information content (AvgIpc) is 2.43. The standard InChI is InChI=1S/C11H22N2O2/c1-2-8(12)11(15)13-9-6-4-3-5-7-10(9)14/h8-10,14H,2-7,12H2,1H3,(H,13,15)/t8-,9?,10?/m1/s1. The summed E-state index contributed by atoms with van der Waals surface area (Å²) in [4.78, 5) is 11.6. The number of aliphatic hydroxyl groups excluding tert-OH is 1. The first-order chi connectivity index (χ1) is 7.15. The van der Waals surface area contributed by atoms with Crippen LogP contribution in [0.15, 0.2) is 0 Å². The van der Waals surface area contributed by atoms with Crippen LogP contribution < -0.4 is 11.1 Å². The highest BCUT2D eigenvalue weighted by Crippen LogP contribution is 2.18. The molecule has 0 spiro atoms. The van der Waals surface area contributed by atoms with Gasteiger partial charge in [-0.25, -0.2) is 0 Å². The minimum atomic E-state index is -0.444. The number of hydrogen-bond donors (Lipinski definition) is 3. The smallest absolute Gasteiger partial charge is 0.237 e. The van der Waals surface area contributed by atoms with Gasteiger partial charge in [-0.15, -0.1) is 0 Å². The number of aliphatic hydroxyl groups is 1. The maximum atomic E-state index is 11.6. The van der Waals surface area contributed by atoms with E-state index in [0.29, 0.717) is 6.42 Å². The number of nitrogens with two attached hydrogens (primary N) is 1. The van der Waals surface area contributed by atoms with Crippen LogP contribution in [0.2, 0.25) is 0 Å². The van der Waals surface area contributed by atoms with Gasteiger partial charge in [0, 0.05) is 0 Å². The molecule has 88 valence electrons. The Morgan fingerprint density at radius 2 is 2.13 bits per heavy atom. The lowest BCUT2D eigenvalue weighted by Gasteiger charge is -2.23. The lowest BCUT2D eigenvalue weighted by Crippen LogP contribution is -2.49. The van der Waals surface area contributed by atoms with Gasteiger partial charge in [0.1, 0.15) is 0 Å². The fraction of sp³-hybridized carbons (Fsp3) is 0.909. The fourth-order valence-corrected chi connectivity index (χ4v) is 1.93. The van der Waals surface area contributed by atoms with Crippen molar-refractivity contribution in [3.63, 3.8) is 0 Å². The third-order valence-corrected chi connectivity index (χ3v) is 3.08. The van der Waals surface area contributed by atoms with Crippen molar-refractivity contribution in [1.82, 2.24) is 5.32 Å². The van der Waals surface area contributed by atoms with E-state index in [-0.39, 0.29) is 11.9 Å². The molecule has 4 nitrogen and oxygen atoms in total. The first-order valence-electron chi connectivity index (χ1n) is 5.89. The van der Waals surface area contributed by atoms with Crippen molar-refractivity contribution in [2.24, 2.45) is 5.73 Å². The molecule has 4 heteroatoms. The maximum Gasteiger partial charge on any atom is 0.237 e. The Labute approximate surface area is 91.2 Å². The summed E-state index contributed by atoms with van der Waals surface area (Å²) in [5, 5.41) is 12.6. The molecule has 0 aromatic carbocycles. The molecule has 1 aliphatic rings. The zero-order chi connectivity index (χ0) is 11.3. The summed E-state index contributed by atoms with van der Waals surface area (Å²) in [5.74, 6) is -0.136. The Kier molecular flexibility index (Phi) is 5.05. The molecule has 0 bridgehead atoms. The van der Waals surface area contributed by atoms with Crippen molar-refractivity contribution in [1.29, 1.82) is 0 Å². The maximum absolute atomic E-state index is 11.6. The molecule has 1 aliphatic carbocycles. The molecule has 3 atom stereocenters. The molecule has 0 aromatic rings. The Balaban J connectivity index is 2.44. The van der Waals surface area contributed by atoms with Crippen LogP contribution >= 0.6 is 0 Å². The molecule has 0 aliphatic heterocycles. The van der Waals surface area contributed by atoms with Gasteiger partial charge in [-0.2, -0.15) is 0 Å². The fourth-order valence-electron chi connectivity index (χ4n) is 1.93. The molecule has 1 fully saturated rings. The van der Waals surface area contributed by atoms with Gasteiger partial charge in [0.05, 0.1) is 18.2 Å². The Morgan fingerprint density at radius 3 is 2.80 bits per heavy atom. The molecule has 15 heavy (non-hydrogen) atoms. The summed E-state index contributed by atoms with van der Waals surface area (Å²) in [7, 11) is 0. The normalized spacial score (nSPS) is 29.3. The molecular weight excluding hydrogens is 192 g/mol. The van der Waals surface area contributed by atoms with E-state index in [1.165, 1.54) is 0 Å². The van der Waals surface area contributed by atoms with Crippen LogP contribution in [0.25, 0.3) is 0 Å². The second-order valence-corrected chi connectivity index (χ2v) is 4.34. The summed E-state index contributed by atoms with van der Waals surface area (Å²) in [6, 6.07) is -0.543. The summed E-state index contributed by atoms with van der Waals surface area (Å²) < 4.78 is 0. The van der Waals surface area contributed by atoms with Crippen molar-refractivity contribution in [2.75, 3.05) is 0 Å². The molecule has 4 N–H and O–H groups in total. The second-order valence-electron chi connectivity index (χ2n) is 4.34. The number of rotatable bonds is 3. The molecule has 1 amide bonds. The topological polar surface area (TPSA) is 75.4 Å². The van der Waals surface area contributed by atoms with Gasteiger partial charge in [0.15, 0.2) is 0 Å². The van der Waals surface area contributed by atoms with E-state index in [2.05, 4.69) is 5.32 Å². The zero-order valence-corrected chi connectivity index (χ0v) is 9.41. The van der Waals surface area contributed by atoms with Gasteiger partial charge in [0.25, 0.3) is 0 Å². The van der Waals surface area contributed by atoms with E-state index < -0.39 is 12.1 Å². The van der Waals surface area contributed by atoms with Crippen molar-refractivity contribution in [2.45, 2.75) is 63.6 Å². The van der Waals surface area contributed by atoms with Gasteiger partial charge >= 0.3 is 0 Å². The van der Waals surface area contributed by atoms with E-state index in [1.54, 1.807) is 0 Å². The van der Waals surface area contributed by atoms with E-state index in [0.717, 1.165) is 32.1 Å². The van der Waals surface area contributed by atoms with Crippen LogP contribution in [-0.4, -0.2) is 29.2 Å². The number of amides is 1. The van der Waals surface area contributed by atoms with Crippen LogP contribution in [-0.2, 0) is 4.79 Å². The Morgan fingerprint density at radius 1 is 1.47 bits per heavy atom. The lowest BCUT2D eigenvalue weighted by molar-refractivity contribution is -0.124. The lowest BCUT2D eigenvalue weighted by atomic mass is 10.1. The minimum Gasteiger partial charge on any atom is -0.391 e. The van der Waals surface area contributed by atoms with Crippen molar-refractivity contribution in [3.8, 4) is 0 Å². The third kappa shape index (κ3) is 3.80. The van der Waals surface area contributed by atoms with Crippen LogP contribution in [0, 0.1) is 0 Å². The monoisotopic (exact) mass is 214 g/mol. The zero-order valence-electron chi connectivity index (χ0n) is 9.41. The quantitative estimate of drug-likeness (QED) is 0.600. The number of hydrogen-bond acceptors (Lipinski definition) is 3. The third-order valence-electron chi connectivity index (χ3n) is 3.08. The van der Waals surface area contributed by atoms with Crippen LogP contribution in [0.5, 0.6) is 0 Å². The molecular formula is C11H22N2O2. The molecule has 1 rings (SSSR count). The van der Waals surface area contributed by atoms with Crippen LogP contribution in [0.3, 0.4) is 0 Å². The van der Waals surface area contributed by atoms with Gasteiger partial charge in [0.2, 0.25) is 5.91 Å². The predicted octanol–water partition coefficient (Wildman–Crippen LogP) is 0.533. The molecule has 0 aromatic heterocycles. The SMILES string of the molecule is CC[C@@H](N)C(=O)NC1CCCCCC1O. The summed E-state index contributed by atoms with van der Waals surface area (Å²) >= 11 is 0. The Bertz CT molecular complexity index is 209. The molecule has 0 heterocycles. The van der Waals surface area contributed by atoms with Gasteiger partial charge < -0.3 is 16.2 Å². The molecule has 0 saturated heterocycles. The van der Waals surface area contributed by atoms with Crippen molar-refractivity contribution >= 4 is 5.91 Å². The highest BCUT2D eigenvalue weighted by atomic mass is 16.3. The first-order valence-corrected chi connectivity index (χ1v) is 5.89. The van der Waals surface area contributed by atoms with E-state index in [9.17, 15) is 9.90 Å². The van der Waals surface area contributed by atoms with Crippen molar-refractivity contribution in [3.05, 3.63) is 0 Å². The number of carbonyl (C=O) groups is 1. The van der Waals surface area contributed by atoms with Crippen LogP contribution in [0.1, 0.15) is 45.4 Å². The van der Waals surface area contributed by atoms with Gasteiger partial charge in [-0.1, -0.05) is 26.2 Å². The van der Waals surface area contributed by atoms with E-state index >= 15 is 0 Å². The summed E-state index contributed by atoms with van der Waals surface area (Å²) in [6.07, 6.45) is 5.14. The van der Waals surface area contributed by atoms with Gasteiger partial charge in [-0.3, -0.25) is 4.79 Å². The van der Waals surface area contributed by atoms with E-state index in [4.69, 9.17) is 5.73 Å². The highest BCUT2D eigenvalue weighted by molar-refractivity contribution is 5.81. The first kappa shape index (κ1) is 12.5. The summed E-state index contributed by atoms with van der Waals surface area (Å²) in [5.41, 5.74) is 5.62. The van der Waals surface area contributed by atoms with Crippen molar-refractivity contribution < 1.29 is 9.90 Å². The minimum absolute atomic E-state index is 0.0994. The Hall–Kier alpha value is -0.610.